The van der Waals surface area contributed by atoms with Gasteiger partial charge in [0, 0.05) is 49.7 Å². The molecule has 0 N–H and O–H groups in total. The summed E-state index contributed by atoms with van der Waals surface area (Å²) in [6, 6.07) is 7.89. The van der Waals surface area contributed by atoms with E-state index in [1.165, 1.54) is 0 Å². The fourth-order valence-corrected chi connectivity index (χ4v) is 3.82. The molecular formula is C19H24ClN3O3. The number of morpholine rings is 1. The maximum atomic E-state index is 12.7. The number of rotatable bonds is 2. The molecule has 0 aliphatic carbocycles. The van der Waals surface area contributed by atoms with Crippen LogP contribution < -0.4 is 0 Å². The van der Waals surface area contributed by atoms with Crippen molar-refractivity contribution in [1.82, 2.24) is 14.7 Å². The van der Waals surface area contributed by atoms with E-state index >= 15 is 0 Å². The lowest BCUT2D eigenvalue weighted by Crippen LogP contribution is -2.49. The Kier molecular flexibility index (Phi) is 5.33. The van der Waals surface area contributed by atoms with Gasteiger partial charge in [-0.05, 0) is 30.7 Å². The fourth-order valence-electron chi connectivity index (χ4n) is 3.64. The maximum absolute atomic E-state index is 12.7. The third kappa shape index (κ3) is 3.98. The van der Waals surface area contributed by atoms with Crippen LogP contribution in [0.5, 0.6) is 0 Å². The van der Waals surface area contributed by atoms with Crippen molar-refractivity contribution in [2.24, 2.45) is 0 Å². The predicted octanol–water partition coefficient (Wildman–Crippen LogP) is 3.05. The fraction of sp³-hybridized carbons (Fsp3) is 0.526. The Balaban J connectivity index is 1.36. The van der Waals surface area contributed by atoms with Crippen LogP contribution >= 0.6 is 11.6 Å². The summed E-state index contributed by atoms with van der Waals surface area (Å²) < 4.78 is 11.3. The summed E-state index contributed by atoms with van der Waals surface area (Å²) >= 11 is 6.05. The van der Waals surface area contributed by atoms with E-state index in [4.69, 9.17) is 20.8 Å². The first-order chi connectivity index (χ1) is 12.7. The molecule has 0 saturated carbocycles. The van der Waals surface area contributed by atoms with E-state index < -0.39 is 0 Å². The Bertz CT molecular complexity index is 772. The first-order valence-corrected chi connectivity index (χ1v) is 9.59. The molecule has 0 spiro atoms. The number of hydrogen-bond donors (Lipinski definition) is 0. The largest absolute Gasteiger partial charge is 0.460 e. The van der Waals surface area contributed by atoms with Crippen molar-refractivity contribution >= 4 is 28.6 Å². The van der Waals surface area contributed by atoms with Gasteiger partial charge in [0.25, 0.3) is 0 Å². The van der Waals surface area contributed by atoms with Gasteiger partial charge in [0.15, 0.2) is 0 Å². The molecule has 7 heteroatoms. The first kappa shape index (κ1) is 17.6. The average Bonchev–Trinajstić information content (AvgIpc) is 2.90. The van der Waals surface area contributed by atoms with Crippen LogP contribution in [0, 0.1) is 0 Å². The molecular weight excluding hydrogens is 354 g/mol. The van der Waals surface area contributed by atoms with Crippen LogP contribution in [0.25, 0.3) is 11.0 Å². The number of hydrogen-bond acceptors (Lipinski definition) is 4. The molecule has 1 aromatic carbocycles. The van der Waals surface area contributed by atoms with Crippen LogP contribution in [-0.2, 0) is 11.3 Å². The zero-order valence-electron chi connectivity index (χ0n) is 14.8. The molecule has 2 aliphatic rings. The highest BCUT2D eigenvalue weighted by Gasteiger charge is 2.25. The number of carbonyl (C=O) groups is 1. The van der Waals surface area contributed by atoms with Crippen molar-refractivity contribution in [3.05, 3.63) is 35.0 Å². The van der Waals surface area contributed by atoms with E-state index in [9.17, 15) is 4.79 Å². The molecule has 2 amide bonds. The van der Waals surface area contributed by atoms with Crippen LogP contribution in [0.3, 0.4) is 0 Å². The van der Waals surface area contributed by atoms with Gasteiger partial charge in [0.05, 0.1) is 19.8 Å². The van der Waals surface area contributed by atoms with E-state index in [0.29, 0.717) is 26.3 Å². The molecule has 0 unspecified atom stereocenters. The second-order valence-electron chi connectivity index (χ2n) is 6.89. The number of amides is 2. The van der Waals surface area contributed by atoms with Gasteiger partial charge in [-0.15, -0.1) is 0 Å². The SMILES string of the molecule is O=C(N1CCOCC1)N1CCCN(Cc2cc3cc(Cl)ccc3o2)CC1. The number of urea groups is 1. The van der Waals surface area contributed by atoms with Crippen LogP contribution in [0.4, 0.5) is 4.79 Å². The quantitative estimate of drug-likeness (QED) is 0.807. The molecule has 0 atom stereocenters. The summed E-state index contributed by atoms with van der Waals surface area (Å²) in [5.74, 6) is 0.940. The van der Waals surface area contributed by atoms with Crippen molar-refractivity contribution in [2.75, 3.05) is 52.5 Å². The van der Waals surface area contributed by atoms with E-state index in [2.05, 4.69) is 11.0 Å². The summed E-state index contributed by atoms with van der Waals surface area (Å²) in [5, 5.41) is 1.75. The maximum Gasteiger partial charge on any atom is 0.320 e. The van der Waals surface area contributed by atoms with Gasteiger partial charge in [-0.2, -0.15) is 0 Å². The van der Waals surface area contributed by atoms with Crippen LogP contribution in [0.2, 0.25) is 5.02 Å². The lowest BCUT2D eigenvalue weighted by molar-refractivity contribution is 0.0436. The summed E-state index contributed by atoms with van der Waals surface area (Å²) in [7, 11) is 0. The van der Waals surface area contributed by atoms with Crippen molar-refractivity contribution < 1.29 is 13.9 Å². The summed E-state index contributed by atoms with van der Waals surface area (Å²) in [5.41, 5.74) is 0.864. The van der Waals surface area contributed by atoms with Crippen LogP contribution in [0.1, 0.15) is 12.2 Å². The Morgan fingerprint density at radius 2 is 1.81 bits per heavy atom. The topological polar surface area (TPSA) is 49.2 Å². The molecule has 2 saturated heterocycles. The molecule has 6 nitrogen and oxygen atoms in total. The van der Waals surface area contributed by atoms with Gasteiger partial charge in [0.1, 0.15) is 11.3 Å². The third-order valence-corrected chi connectivity index (χ3v) is 5.28. The van der Waals surface area contributed by atoms with Gasteiger partial charge in [0.2, 0.25) is 0 Å². The van der Waals surface area contributed by atoms with Crippen LogP contribution in [0.15, 0.2) is 28.7 Å². The van der Waals surface area contributed by atoms with E-state index in [1.54, 1.807) is 0 Å². The Morgan fingerprint density at radius 3 is 2.65 bits per heavy atom. The van der Waals surface area contributed by atoms with Gasteiger partial charge in [-0.3, -0.25) is 4.90 Å². The minimum atomic E-state index is 0.147. The minimum absolute atomic E-state index is 0.147. The number of ether oxygens (including phenoxy) is 1. The number of halogens is 1. The molecule has 2 aliphatic heterocycles. The number of benzene rings is 1. The summed E-state index contributed by atoms with van der Waals surface area (Å²) in [4.78, 5) is 18.9. The highest BCUT2D eigenvalue weighted by Crippen LogP contribution is 2.24. The van der Waals surface area contributed by atoms with E-state index in [1.807, 2.05) is 28.0 Å². The summed E-state index contributed by atoms with van der Waals surface area (Å²) in [6.07, 6.45) is 0.974. The Labute approximate surface area is 158 Å². The summed E-state index contributed by atoms with van der Waals surface area (Å²) in [6.45, 7) is 6.81. The number of furan rings is 1. The lowest BCUT2D eigenvalue weighted by Gasteiger charge is -2.32. The zero-order chi connectivity index (χ0) is 17.9. The molecule has 140 valence electrons. The minimum Gasteiger partial charge on any atom is -0.460 e. The second-order valence-corrected chi connectivity index (χ2v) is 7.33. The van der Waals surface area contributed by atoms with Gasteiger partial charge in [-0.25, -0.2) is 4.79 Å². The molecule has 4 rings (SSSR count). The highest BCUT2D eigenvalue weighted by molar-refractivity contribution is 6.31. The highest BCUT2D eigenvalue weighted by atomic mass is 35.5. The van der Waals surface area contributed by atoms with Crippen molar-refractivity contribution in [1.29, 1.82) is 0 Å². The normalized spacial score (nSPS) is 19.7. The zero-order valence-corrected chi connectivity index (χ0v) is 15.6. The number of carbonyl (C=O) groups excluding carboxylic acids is 1. The van der Waals surface area contributed by atoms with Crippen molar-refractivity contribution in [3.8, 4) is 0 Å². The molecule has 1 aromatic heterocycles. The lowest BCUT2D eigenvalue weighted by atomic mass is 10.2. The smallest absolute Gasteiger partial charge is 0.320 e. The predicted molar refractivity (Wildman–Crippen MR) is 100 cm³/mol. The molecule has 0 bridgehead atoms. The molecule has 0 radical (unpaired) electrons. The number of nitrogens with zero attached hydrogens (tertiary/aromatic N) is 3. The average molecular weight is 378 g/mol. The van der Waals surface area contributed by atoms with Crippen molar-refractivity contribution in [3.63, 3.8) is 0 Å². The van der Waals surface area contributed by atoms with Crippen molar-refractivity contribution in [2.45, 2.75) is 13.0 Å². The second kappa shape index (κ2) is 7.86. The standard InChI is InChI=1S/C19H24ClN3O3/c20-16-2-3-18-15(12-16)13-17(26-18)14-21-4-1-5-22(7-6-21)19(24)23-8-10-25-11-9-23/h2-3,12-13H,1,4-11,14H2. The Morgan fingerprint density at radius 1 is 1.00 bits per heavy atom. The molecule has 2 fully saturated rings. The Hall–Kier alpha value is -1.76. The van der Waals surface area contributed by atoms with Gasteiger partial charge >= 0.3 is 6.03 Å². The first-order valence-electron chi connectivity index (χ1n) is 9.21. The van der Waals surface area contributed by atoms with E-state index in [-0.39, 0.29) is 6.03 Å². The van der Waals surface area contributed by atoms with Gasteiger partial charge in [-0.1, -0.05) is 11.6 Å². The number of fused-ring (bicyclic) bond motifs is 1. The third-order valence-electron chi connectivity index (χ3n) is 5.05. The molecule has 2 aromatic rings. The van der Waals surface area contributed by atoms with Crippen LogP contribution in [-0.4, -0.2) is 73.2 Å². The monoisotopic (exact) mass is 377 g/mol. The molecule has 3 heterocycles. The van der Waals surface area contributed by atoms with E-state index in [0.717, 1.165) is 60.9 Å². The van der Waals surface area contributed by atoms with Gasteiger partial charge < -0.3 is 19.0 Å². The molecule has 26 heavy (non-hydrogen) atoms.